The summed E-state index contributed by atoms with van der Waals surface area (Å²) in [5.74, 6) is 0. The van der Waals surface area contributed by atoms with Crippen LogP contribution >= 0.6 is 23.2 Å². The molecule has 0 radical (unpaired) electrons. The molecule has 0 bridgehead atoms. The minimum absolute atomic E-state index is 0.393. The zero-order valence-electron chi connectivity index (χ0n) is 8.27. The summed E-state index contributed by atoms with van der Waals surface area (Å²) >= 11 is 11.5. The van der Waals surface area contributed by atoms with E-state index in [1.54, 1.807) is 0 Å². The molecule has 0 aliphatic heterocycles. The van der Waals surface area contributed by atoms with Crippen LogP contribution in [0.2, 0.25) is 0 Å². The van der Waals surface area contributed by atoms with Crippen molar-refractivity contribution in [3.05, 3.63) is 46.3 Å². The Morgan fingerprint density at radius 1 is 1.40 bits per heavy atom. The van der Waals surface area contributed by atoms with Crippen LogP contribution in [0.4, 0.5) is 0 Å². The lowest BCUT2D eigenvalue weighted by atomic mass is 9.90. The molecule has 1 rings (SSSR count). The molecule has 0 aromatic heterocycles. The van der Waals surface area contributed by atoms with Crippen LogP contribution in [0, 0.1) is 0 Å². The lowest BCUT2D eigenvalue weighted by Crippen LogP contribution is -2.21. The average Bonchev–Trinajstić information content (AvgIpc) is 2.18. The first-order chi connectivity index (χ1) is 7.08. The Labute approximate surface area is 98.6 Å². The van der Waals surface area contributed by atoms with Gasteiger partial charge in [-0.25, -0.2) is 0 Å². The van der Waals surface area contributed by atoms with Gasteiger partial charge >= 0.3 is 0 Å². The molecular formula is C10H11Cl2N3. The molecule has 0 saturated carbocycles. The number of halogens is 2. The first-order valence-electron chi connectivity index (χ1n) is 4.48. The summed E-state index contributed by atoms with van der Waals surface area (Å²) in [5.41, 5.74) is 8.77. The Morgan fingerprint density at radius 2 is 2.00 bits per heavy atom. The fourth-order valence-corrected chi connectivity index (χ4v) is 2.01. The van der Waals surface area contributed by atoms with E-state index >= 15 is 0 Å². The van der Waals surface area contributed by atoms with E-state index in [4.69, 9.17) is 28.7 Å². The predicted molar refractivity (Wildman–Crippen MR) is 63.1 cm³/mol. The minimum Gasteiger partial charge on any atom is -0.105 e. The fourth-order valence-electron chi connectivity index (χ4n) is 1.41. The quantitative estimate of drug-likeness (QED) is 0.326. The summed E-state index contributed by atoms with van der Waals surface area (Å²) in [6, 6.07) is 9.46. The van der Waals surface area contributed by atoms with Gasteiger partial charge in [0.2, 0.25) is 0 Å². The van der Waals surface area contributed by atoms with E-state index in [9.17, 15) is 0 Å². The van der Waals surface area contributed by atoms with Gasteiger partial charge in [0.05, 0.1) is 5.54 Å². The second kappa shape index (κ2) is 5.26. The summed E-state index contributed by atoms with van der Waals surface area (Å²) in [7, 11) is 0. The van der Waals surface area contributed by atoms with Crippen molar-refractivity contribution in [2.75, 3.05) is 0 Å². The Hall–Kier alpha value is -0.890. The van der Waals surface area contributed by atoms with E-state index < -0.39 is 10.4 Å². The number of benzene rings is 1. The molecule has 1 atom stereocenters. The number of hydrogen-bond acceptors (Lipinski definition) is 1. The van der Waals surface area contributed by atoms with Crippen molar-refractivity contribution in [1.82, 2.24) is 0 Å². The van der Waals surface area contributed by atoms with E-state index in [2.05, 4.69) is 10.0 Å². The monoisotopic (exact) mass is 243 g/mol. The molecule has 3 nitrogen and oxygen atoms in total. The molecule has 0 amide bonds. The smallest absolute Gasteiger partial charge is 0.105 e. The largest absolute Gasteiger partial charge is 0.108 e. The molecule has 1 aromatic rings. The Morgan fingerprint density at radius 3 is 2.47 bits per heavy atom. The molecule has 0 fully saturated rings. The third kappa shape index (κ3) is 3.31. The Bertz CT molecular complexity index is 360. The first kappa shape index (κ1) is 12.2. The Kier molecular flexibility index (Phi) is 4.28. The van der Waals surface area contributed by atoms with E-state index in [1.807, 2.05) is 37.3 Å². The zero-order chi connectivity index (χ0) is 11.3. The molecule has 1 unspecified atom stereocenters. The number of rotatable bonds is 4. The van der Waals surface area contributed by atoms with Crippen molar-refractivity contribution in [3.63, 3.8) is 0 Å². The number of nitrogens with zero attached hydrogens (tertiary/aromatic N) is 3. The number of alkyl halides is 2. The van der Waals surface area contributed by atoms with Gasteiger partial charge in [-0.05, 0) is 24.4 Å². The third-order valence-corrected chi connectivity index (χ3v) is 2.52. The van der Waals surface area contributed by atoms with Crippen molar-refractivity contribution < 1.29 is 0 Å². The highest BCUT2D eigenvalue weighted by Crippen LogP contribution is 2.33. The maximum Gasteiger partial charge on any atom is 0.108 e. The van der Waals surface area contributed by atoms with Crippen LogP contribution in [0.1, 0.15) is 18.9 Å². The van der Waals surface area contributed by atoms with Crippen LogP contribution in [0.15, 0.2) is 35.4 Å². The molecule has 0 N–H and O–H groups in total. The lowest BCUT2D eigenvalue weighted by molar-refractivity contribution is 0.467. The van der Waals surface area contributed by atoms with Crippen LogP contribution in [-0.2, 0) is 5.54 Å². The zero-order valence-corrected chi connectivity index (χ0v) is 9.78. The molecule has 0 heterocycles. The molecule has 80 valence electrons. The molecular weight excluding hydrogens is 233 g/mol. The van der Waals surface area contributed by atoms with Crippen molar-refractivity contribution in [2.24, 2.45) is 5.11 Å². The summed E-state index contributed by atoms with van der Waals surface area (Å²) in [5, 5.41) is 3.78. The molecule has 15 heavy (non-hydrogen) atoms. The van der Waals surface area contributed by atoms with Crippen molar-refractivity contribution in [3.8, 4) is 0 Å². The summed E-state index contributed by atoms with van der Waals surface area (Å²) in [6.07, 6.45) is 0.393. The van der Waals surface area contributed by atoms with Crippen LogP contribution in [-0.4, -0.2) is 4.84 Å². The molecule has 0 aliphatic rings. The van der Waals surface area contributed by atoms with Crippen molar-refractivity contribution >= 4 is 23.2 Å². The van der Waals surface area contributed by atoms with Crippen molar-refractivity contribution in [2.45, 2.75) is 23.7 Å². The summed E-state index contributed by atoms with van der Waals surface area (Å²) in [4.78, 5) is 2.29. The van der Waals surface area contributed by atoms with Gasteiger partial charge in [-0.2, -0.15) is 0 Å². The highest BCUT2D eigenvalue weighted by atomic mass is 35.5. The van der Waals surface area contributed by atoms with Gasteiger partial charge in [0.15, 0.2) is 0 Å². The van der Waals surface area contributed by atoms with Gasteiger partial charge < -0.3 is 0 Å². The molecule has 5 heteroatoms. The van der Waals surface area contributed by atoms with E-state index in [0.29, 0.717) is 6.42 Å². The van der Waals surface area contributed by atoms with Crippen LogP contribution < -0.4 is 0 Å². The van der Waals surface area contributed by atoms with Gasteiger partial charge in [-0.1, -0.05) is 35.4 Å². The SMILES string of the molecule is CC(CC(Cl)Cl)(N=[N+]=[N-])c1ccccc1. The van der Waals surface area contributed by atoms with Gasteiger partial charge in [0.1, 0.15) is 4.84 Å². The highest BCUT2D eigenvalue weighted by Gasteiger charge is 2.27. The second-order valence-corrected chi connectivity index (χ2v) is 4.70. The predicted octanol–water partition coefficient (Wildman–Crippen LogP) is 4.41. The maximum atomic E-state index is 8.55. The fraction of sp³-hybridized carbons (Fsp3) is 0.400. The third-order valence-electron chi connectivity index (χ3n) is 2.21. The van der Waals surface area contributed by atoms with E-state index in [1.165, 1.54) is 0 Å². The number of hydrogen-bond donors (Lipinski definition) is 0. The molecule has 0 aliphatic carbocycles. The van der Waals surface area contributed by atoms with E-state index in [0.717, 1.165) is 5.56 Å². The van der Waals surface area contributed by atoms with Crippen LogP contribution in [0.5, 0.6) is 0 Å². The topological polar surface area (TPSA) is 48.8 Å². The highest BCUT2D eigenvalue weighted by molar-refractivity contribution is 6.44. The lowest BCUT2D eigenvalue weighted by Gasteiger charge is -2.24. The van der Waals surface area contributed by atoms with Gasteiger partial charge in [-0.15, -0.1) is 23.2 Å². The van der Waals surface area contributed by atoms with Gasteiger partial charge in [0.25, 0.3) is 0 Å². The average molecular weight is 244 g/mol. The second-order valence-electron chi connectivity index (χ2n) is 3.42. The summed E-state index contributed by atoms with van der Waals surface area (Å²) in [6.45, 7) is 1.82. The standard InChI is InChI=1S/C10H11Cl2N3/c1-10(14-15-13,7-9(11)12)8-5-3-2-4-6-8/h2-6,9H,7H2,1H3. The van der Waals surface area contributed by atoms with Crippen molar-refractivity contribution in [1.29, 1.82) is 0 Å². The van der Waals surface area contributed by atoms with Crippen LogP contribution in [0.3, 0.4) is 0 Å². The Balaban J connectivity index is 3.06. The molecule has 0 saturated heterocycles. The van der Waals surface area contributed by atoms with Gasteiger partial charge in [-0.3, -0.25) is 0 Å². The summed E-state index contributed by atoms with van der Waals surface area (Å²) < 4.78 is 0. The minimum atomic E-state index is -0.690. The van der Waals surface area contributed by atoms with Crippen LogP contribution in [0.25, 0.3) is 10.4 Å². The number of azide groups is 1. The maximum absolute atomic E-state index is 8.55. The van der Waals surface area contributed by atoms with Gasteiger partial charge in [0, 0.05) is 4.91 Å². The normalized spacial score (nSPS) is 14.4. The molecule has 0 spiro atoms. The van der Waals surface area contributed by atoms with E-state index in [-0.39, 0.29) is 0 Å². The first-order valence-corrected chi connectivity index (χ1v) is 5.36. The molecule has 1 aromatic carbocycles.